The second-order valence-electron chi connectivity index (χ2n) is 6.79. The maximum atomic E-state index is 13.0. The highest BCUT2D eigenvalue weighted by molar-refractivity contribution is 6.30. The van der Waals surface area contributed by atoms with Crippen LogP contribution in [0.4, 0.5) is 0 Å². The smallest absolute Gasteiger partial charge is 0.253 e. The number of rotatable bonds is 2. The first kappa shape index (κ1) is 17.0. The van der Waals surface area contributed by atoms with E-state index in [2.05, 4.69) is 26.0 Å². The van der Waals surface area contributed by atoms with Crippen LogP contribution < -0.4 is 0 Å². The molecule has 0 bridgehead atoms. The number of halogens is 1. The second-order valence-corrected chi connectivity index (χ2v) is 7.23. The molecule has 2 aromatic carbocycles. The van der Waals surface area contributed by atoms with Crippen LogP contribution in [0, 0.1) is 13.8 Å². The summed E-state index contributed by atoms with van der Waals surface area (Å²) in [6.45, 7) is 5.76. The molecule has 0 saturated carbocycles. The van der Waals surface area contributed by atoms with Gasteiger partial charge in [-0.05, 0) is 67.6 Å². The van der Waals surface area contributed by atoms with E-state index in [1.807, 2.05) is 35.2 Å². The first-order valence-corrected chi connectivity index (χ1v) is 9.04. The summed E-state index contributed by atoms with van der Waals surface area (Å²) < 4.78 is 0. The number of nitrogens with zero attached hydrogens (tertiary/aromatic N) is 1. The highest BCUT2D eigenvalue weighted by Crippen LogP contribution is 2.28. The summed E-state index contributed by atoms with van der Waals surface area (Å²) in [6, 6.07) is 14.1. The fraction of sp³-hybridized carbons (Fsp3) is 0.381. The lowest BCUT2D eigenvalue weighted by molar-refractivity contribution is 0.0754. The van der Waals surface area contributed by atoms with Gasteiger partial charge in [-0.3, -0.25) is 4.79 Å². The van der Waals surface area contributed by atoms with E-state index in [0.29, 0.717) is 5.92 Å². The minimum atomic E-state index is 0.152. The molecule has 2 nitrogen and oxygen atoms in total. The second kappa shape index (κ2) is 7.40. The van der Waals surface area contributed by atoms with E-state index < -0.39 is 0 Å². The molecule has 1 aliphatic rings. The molecule has 0 aliphatic carbocycles. The summed E-state index contributed by atoms with van der Waals surface area (Å²) in [5, 5.41) is 0.760. The Bertz CT molecular complexity index is 723. The van der Waals surface area contributed by atoms with Gasteiger partial charge in [0.25, 0.3) is 5.91 Å². The topological polar surface area (TPSA) is 20.3 Å². The van der Waals surface area contributed by atoms with Crippen LogP contribution in [0.3, 0.4) is 0 Å². The predicted octanol–water partition coefficient (Wildman–Crippen LogP) is 5.37. The number of carbonyl (C=O) groups excluding carboxylic acids is 1. The van der Waals surface area contributed by atoms with Gasteiger partial charge in [0, 0.05) is 29.6 Å². The van der Waals surface area contributed by atoms with Crippen molar-refractivity contribution in [1.29, 1.82) is 0 Å². The Morgan fingerprint density at radius 3 is 2.50 bits per heavy atom. The lowest BCUT2D eigenvalue weighted by Crippen LogP contribution is -2.34. The molecule has 3 heteroatoms. The van der Waals surface area contributed by atoms with Crippen molar-refractivity contribution in [3.63, 3.8) is 0 Å². The number of carbonyl (C=O) groups is 1. The molecule has 0 radical (unpaired) electrons. The molecule has 1 amide bonds. The van der Waals surface area contributed by atoms with Gasteiger partial charge in [0.15, 0.2) is 0 Å². The van der Waals surface area contributed by atoms with Gasteiger partial charge in [0.1, 0.15) is 0 Å². The predicted molar refractivity (Wildman–Crippen MR) is 99.9 cm³/mol. The standard InChI is InChI=1S/C21H24ClNO/c1-15-6-7-18(13-16(15)2)21(24)23-12-4-3-5-19(14-23)17-8-10-20(22)11-9-17/h6-11,13,19H,3-5,12,14H2,1-2H3. The van der Waals surface area contributed by atoms with Gasteiger partial charge in [0.2, 0.25) is 0 Å². The number of benzene rings is 2. The molecule has 3 rings (SSSR count). The number of hydrogen-bond donors (Lipinski definition) is 0. The minimum absolute atomic E-state index is 0.152. The number of aryl methyl sites for hydroxylation is 2. The van der Waals surface area contributed by atoms with Crippen molar-refractivity contribution in [3.8, 4) is 0 Å². The molecule has 0 aromatic heterocycles. The first-order valence-electron chi connectivity index (χ1n) is 8.66. The minimum Gasteiger partial charge on any atom is -0.338 e. The van der Waals surface area contributed by atoms with Crippen LogP contribution in [0.15, 0.2) is 42.5 Å². The van der Waals surface area contributed by atoms with E-state index >= 15 is 0 Å². The Kier molecular flexibility index (Phi) is 5.25. The van der Waals surface area contributed by atoms with E-state index in [1.165, 1.54) is 16.7 Å². The van der Waals surface area contributed by atoms with Crippen molar-refractivity contribution in [1.82, 2.24) is 4.90 Å². The van der Waals surface area contributed by atoms with Gasteiger partial charge in [-0.2, -0.15) is 0 Å². The van der Waals surface area contributed by atoms with Crippen LogP contribution in [0.5, 0.6) is 0 Å². The summed E-state index contributed by atoms with van der Waals surface area (Å²) in [5.74, 6) is 0.541. The lowest BCUT2D eigenvalue weighted by Gasteiger charge is -2.25. The van der Waals surface area contributed by atoms with Gasteiger partial charge in [-0.25, -0.2) is 0 Å². The largest absolute Gasteiger partial charge is 0.338 e. The van der Waals surface area contributed by atoms with E-state index in [9.17, 15) is 4.79 Å². The zero-order valence-electron chi connectivity index (χ0n) is 14.4. The normalized spacial score (nSPS) is 18.3. The molecule has 126 valence electrons. The monoisotopic (exact) mass is 341 g/mol. The molecule has 1 saturated heterocycles. The summed E-state index contributed by atoms with van der Waals surface area (Å²) in [5.41, 5.74) is 4.47. The van der Waals surface area contributed by atoms with Crippen LogP contribution in [0.2, 0.25) is 5.02 Å². The van der Waals surface area contributed by atoms with Crippen molar-refractivity contribution < 1.29 is 4.79 Å². The van der Waals surface area contributed by atoms with Crippen LogP contribution in [-0.2, 0) is 0 Å². The van der Waals surface area contributed by atoms with Gasteiger partial charge in [-0.15, -0.1) is 0 Å². The lowest BCUT2D eigenvalue weighted by atomic mass is 9.94. The van der Waals surface area contributed by atoms with Crippen LogP contribution in [0.1, 0.15) is 52.2 Å². The third kappa shape index (κ3) is 3.81. The maximum Gasteiger partial charge on any atom is 0.253 e. The van der Waals surface area contributed by atoms with Gasteiger partial charge in [-0.1, -0.05) is 36.2 Å². The summed E-state index contributed by atoms with van der Waals surface area (Å²) in [4.78, 5) is 15.0. The molecule has 1 atom stereocenters. The molecular formula is C21H24ClNO. The Hall–Kier alpha value is -1.80. The van der Waals surface area contributed by atoms with Crippen molar-refractivity contribution in [2.24, 2.45) is 0 Å². The Morgan fingerprint density at radius 2 is 1.79 bits per heavy atom. The van der Waals surface area contributed by atoms with E-state index in [0.717, 1.165) is 42.9 Å². The van der Waals surface area contributed by atoms with E-state index in [1.54, 1.807) is 0 Å². The third-order valence-electron chi connectivity index (χ3n) is 5.05. The van der Waals surface area contributed by atoms with Crippen molar-refractivity contribution >= 4 is 17.5 Å². The summed E-state index contributed by atoms with van der Waals surface area (Å²) in [7, 11) is 0. The van der Waals surface area contributed by atoms with Crippen LogP contribution in [-0.4, -0.2) is 23.9 Å². The molecule has 2 aromatic rings. The average Bonchev–Trinajstić information content (AvgIpc) is 2.83. The SMILES string of the molecule is Cc1ccc(C(=O)N2CCCCC(c3ccc(Cl)cc3)C2)cc1C. The molecule has 24 heavy (non-hydrogen) atoms. The van der Waals surface area contributed by atoms with Crippen molar-refractivity contribution in [2.75, 3.05) is 13.1 Å². The fourth-order valence-corrected chi connectivity index (χ4v) is 3.52. The molecule has 1 unspecified atom stereocenters. The van der Waals surface area contributed by atoms with Crippen LogP contribution >= 0.6 is 11.6 Å². The molecule has 1 fully saturated rings. The van der Waals surface area contributed by atoms with Crippen molar-refractivity contribution in [3.05, 3.63) is 69.7 Å². The Morgan fingerprint density at radius 1 is 1.04 bits per heavy atom. The van der Waals surface area contributed by atoms with Gasteiger partial charge < -0.3 is 4.90 Å². The zero-order chi connectivity index (χ0) is 17.1. The number of likely N-dealkylation sites (tertiary alicyclic amines) is 1. The molecule has 1 aliphatic heterocycles. The van der Waals surface area contributed by atoms with Crippen molar-refractivity contribution in [2.45, 2.75) is 39.0 Å². The van der Waals surface area contributed by atoms with E-state index in [-0.39, 0.29) is 5.91 Å². The number of amides is 1. The molecular weight excluding hydrogens is 318 g/mol. The highest BCUT2D eigenvalue weighted by atomic mass is 35.5. The fourth-order valence-electron chi connectivity index (χ4n) is 3.39. The van der Waals surface area contributed by atoms with E-state index in [4.69, 9.17) is 11.6 Å². The highest BCUT2D eigenvalue weighted by Gasteiger charge is 2.24. The quantitative estimate of drug-likeness (QED) is 0.719. The van der Waals surface area contributed by atoms with Crippen LogP contribution in [0.25, 0.3) is 0 Å². The molecule has 0 spiro atoms. The Balaban J connectivity index is 1.80. The summed E-state index contributed by atoms with van der Waals surface area (Å²) in [6.07, 6.45) is 3.35. The number of hydrogen-bond acceptors (Lipinski definition) is 1. The Labute approximate surface area is 149 Å². The molecule has 0 N–H and O–H groups in total. The molecule has 1 heterocycles. The first-order chi connectivity index (χ1) is 11.5. The maximum absolute atomic E-state index is 13.0. The zero-order valence-corrected chi connectivity index (χ0v) is 15.1. The van der Waals surface area contributed by atoms with Gasteiger partial charge >= 0.3 is 0 Å². The summed E-state index contributed by atoms with van der Waals surface area (Å²) >= 11 is 6.01. The third-order valence-corrected chi connectivity index (χ3v) is 5.31. The average molecular weight is 342 g/mol. The van der Waals surface area contributed by atoms with Gasteiger partial charge in [0.05, 0.1) is 0 Å².